The van der Waals surface area contributed by atoms with Crippen LogP contribution in [0.25, 0.3) is 0 Å². The summed E-state index contributed by atoms with van der Waals surface area (Å²) in [5.41, 5.74) is 7.05. The smallest absolute Gasteiger partial charge is 0.188 e. The van der Waals surface area contributed by atoms with Crippen LogP contribution in [0.15, 0.2) is 46.9 Å². The zero-order valence-electron chi connectivity index (χ0n) is 14.6. The molecule has 1 saturated heterocycles. The Morgan fingerprint density at radius 1 is 1.28 bits per heavy atom. The molecule has 0 spiro atoms. The van der Waals surface area contributed by atoms with E-state index in [9.17, 15) is 0 Å². The van der Waals surface area contributed by atoms with E-state index in [1.54, 1.807) is 0 Å². The summed E-state index contributed by atoms with van der Waals surface area (Å²) in [4.78, 5) is 12.8. The summed E-state index contributed by atoms with van der Waals surface area (Å²) < 4.78 is 0. The standard InChI is InChI=1S/C19H27N5S/c20-19(22-10-6-17-4-1-2-9-21-17)23-14-16-7-11-24(12-8-16)15-18-5-3-13-25-18/h1-5,9,13,16H,6-8,10-12,14-15H2,(H3,20,22,23). The number of piperidine rings is 1. The average Bonchev–Trinajstić information content (AvgIpc) is 3.15. The molecule has 1 fully saturated rings. The van der Waals surface area contributed by atoms with Crippen molar-refractivity contribution in [2.45, 2.75) is 25.8 Å². The number of pyridine rings is 1. The molecule has 0 saturated carbocycles. The van der Waals surface area contributed by atoms with Crippen molar-refractivity contribution in [1.82, 2.24) is 15.2 Å². The van der Waals surface area contributed by atoms with Gasteiger partial charge in [-0.15, -0.1) is 11.3 Å². The van der Waals surface area contributed by atoms with E-state index >= 15 is 0 Å². The fourth-order valence-corrected chi connectivity index (χ4v) is 3.84. The Bertz CT molecular complexity index is 633. The quantitative estimate of drug-likeness (QED) is 0.590. The normalized spacial score (nSPS) is 16.9. The van der Waals surface area contributed by atoms with Crippen LogP contribution in [0.3, 0.4) is 0 Å². The van der Waals surface area contributed by atoms with Crippen molar-refractivity contribution in [2.75, 3.05) is 26.2 Å². The summed E-state index contributed by atoms with van der Waals surface area (Å²) in [5, 5.41) is 5.34. The first kappa shape index (κ1) is 17.9. The van der Waals surface area contributed by atoms with Crippen molar-refractivity contribution in [3.05, 3.63) is 52.5 Å². The highest BCUT2D eigenvalue weighted by atomic mass is 32.1. The van der Waals surface area contributed by atoms with Gasteiger partial charge in [0.15, 0.2) is 5.96 Å². The fourth-order valence-electron chi connectivity index (χ4n) is 3.10. The predicted octanol–water partition coefficient (Wildman–Crippen LogP) is 2.50. The van der Waals surface area contributed by atoms with Crippen molar-refractivity contribution < 1.29 is 0 Å². The number of rotatable bonds is 7. The van der Waals surface area contributed by atoms with Crippen molar-refractivity contribution >= 4 is 17.3 Å². The molecular weight excluding hydrogens is 330 g/mol. The van der Waals surface area contributed by atoms with E-state index < -0.39 is 0 Å². The van der Waals surface area contributed by atoms with Crippen LogP contribution in [0.4, 0.5) is 0 Å². The van der Waals surface area contributed by atoms with E-state index in [-0.39, 0.29) is 0 Å². The molecule has 25 heavy (non-hydrogen) atoms. The van der Waals surface area contributed by atoms with Gasteiger partial charge in [0.1, 0.15) is 0 Å². The van der Waals surface area contributed by atoms with Gasteiger partial charge in [0, 0.05) is 42.8 Å². The monoisotopic (exact) mass is 357 g/mol. The first-order valence-corrected chi connectivity index (χ1v) is 9.86. The van der Waals surface area contributed by atoms with E-state index in [2.05, 4.69) is 37.7 Å². The Hall–Kier alpha value is -1.92. The van der Waals surface area contributed by atoms with Crippen LogP contribution in [-0.2, 0) is 13.0 Å². The molecule has 0 amide bonds. The number of guanidine groups is 1. The molecule has 0 radical (unpaired) electrons. The van der Waals surface area contributed by atoms with Gasteiger partial charge in [-0.05, 0) is 55.4 Å². The van der Waals surface area contributed by atoms with Gasteiger partial charge in [-0.1, -0.05) is 12.1 Å². The second-order valence-corrected chi connectivity index (χ2v) is 7.55. The number of aromatic nitrogens is 1. The third-order valence-corrected chi connectivity index (χ3v) is 5.46. The summed E-state index contributed by atoms with van der Waals surface area (Å²) in [7, 11) is 0. The molecule has 0 aromatic carbocycles. The molecule has 0 atom stereocenters. The molecule has 3 rings (SSSR count). The van der Waals surface area contributed by atoms with Crippen LogP contribution in [0.1, 0.15) is 23.4 Å². The summed E-state index contributed by atoms with van der Waals surface area (Å²) in [6.07, 6.45) is 5.09. The van der Waals surface area contributed by atoms with Crippen LogP contribution in [0, 0.1) is 5.92 Å². The maximum atomic E-state index is 5.98. The molecule has 2 aromatic rings. The van der Waals surface area contributed by atoms with Crippen molar-refractivity contribution in [3.8, 4) is 0 Å². The highest BCUT2D eigenvalue weighted by molar-refractivity contribution is 7.09. The van der Waals surface area contributed by atoms with Crippen LogP contribution >= 0.6 is 11.3 Å². The maximum absolute atomic E-state index is 5.98. The molecule has 1 aliphatic heterocycles. The molecule has 5 nitrogen and oxygen atoms in total. The molecule has 3 N–H and O–H groups in total. The Labute approximate surface area is 154 Å². The third-order valence-electron chi connectivity index (χ3n) is 4.60. The van der Waals surface area contributed by atoms with E-state index in [1.165, 1.54) is 17.7 Å². The highest BCUT2D eigenvalue weighted by Crippen LogP contribution is 2.20. The number of thiophene rings is 1. The average molecular weight is 358 g/mol. The number of likely N-dealkylation sites (tertiary alicyclic amines) is 1. The van der Waals surface area contributed by atoms with Gasteiger partial charge < -0.3 is 11.1 Å². The van der Waals surface area contributed by atoms with Gasteiger partial charge in [0.05, 0.1) is 0 Å². The zero-order chi connectivity index (χ0) is 17.3. The number of nitrogens with two attached hydrogens (primary N) is 1. The van der Waals surface area contributed by atoms with E-state index in [0.717, 1.165) is 44.8 Å². The van der Waals surface area contributed by atoms with Crippen molar-refractivity contribution in [2.24, 2.45) is 16.6 Å². The molecule has 6 heteroatoms. The molecule has 0 unspecified atom stereocenters. The second-order valence-electron chi connectivity index (χ2n) is 6.52. The first-order chi connectivity index (χ1) is 12.3. The van der Waals surface area contributed by atoms with Gasteiger partial charge >= 0.3 is 0 Å². The van der Waals surface area contributed by atoms with Crippen LogP contribution < -0.4 is 11.1 Å². The highest BCUT2D eigenvalue weighted by Gasteiger charge is 2.19. The molecule has 2 aromatic heterocycles. The SMILES string of the molecule is NC(=NCC1CCN(Cc2cccs2)CC1)NCCc1ccccn1. The van der Waals surface area contributed by atoms with Crippen LogP contribution in [-0.4, -0.2) is 42.0 Å². The molecule has 134 valence electrons. The molecule has 3 heterocycles. The Balaban J connectivity index is 1.32. The summed E-state index contributed by atoms with van der Waals surface area (Å²) in [6, 6.07) is 10.3. The lowest BCUT2D eigenvalue weighted by Gasteiger charge is -2.30. The maximum Gasteiger partial charge on any atom is 0.188 e. The fraction of sp³-hybridized carbons (Fsp3) is 0.474. The van der Waals surface area contributed by atoms with E-state index in [4.69, 9.17) is 5.73 Å². The van der Waals surface area contributed by atoms with Crippen molar-refractivity contribution in [1.29, 1.82) is 0 Å². The number of nitrogens with one attached hydrogen (secondary N) is 1. The molecule has 0 bridgehead atoms. The summed E-state index contributed by atoms with van der Waals surface area (Å²) in [5.74, 6) is 1.20. The number of hydrogen-bond acceptors (Lipinski definition) is 4. The Morgan fingerprint density at radius 2 is 2.16 bits per heavy atom. The second kappa shape index (κ2) is 9.53. The lowest BCUT2D eigenvalue weighted by atomic mass is 9.97. The minimum absolute atomic E-state index is 0.553. The third kappa shape index (κ3) is 6.14. The molecule has 0 aliphatic carbocycles. The van der Waals surface area contributed by atoms with E-state index in [0.29, 0.717) is 11.9 Å². The molecular formula is C19H27N5S. The Morgan fingerprint density at radius 3 is 2.88 bits per heavy atom. The minimum atomic E-state index is 0.553. The number of aliphatic imine (C=N–C) groups is 1. The summed E-state index contributed by atoms with van der Waals surface area (Å²) >= 11 is 1.84. The first-order valence-electron chi connectivity index (χ1n) is 8.98. The predicted molar refractivity (Wildman–Crippen MR) is 105 cm³/mol. The van der Waals surface area contributed by atoms with E-state index in [1.807, 2.05) is 35.7 Å². The largest absolute Gasteiger partial charge is 0.370 e. The lowest BCUT2D eigenvalue weighted by molar-refractivity contribution is 0.182. The number of hydrogen-bond donors (Lipinski definition) is 2. The summed E-state index contributed by atoms with van der Waals surface area (Å²) in [6.45, 7) is 5.00. The minimum Gasteiger partial charge on any atom is -0.370 e. The van der Waals surface area contributed by atoms with Crippen molar-refractivity contribution in [3.63, 3.8) is 0 Å². The number of nitrogens with zero attached hydrogens (tertiary/aromatic N) is 3. The van der Waals surface area contributed by atoms with Gasteiger partial charge in [-0.25, -0.2) is 0 Å². The topological polar surface area (TPSA) is 66.5 Å². The Kier molecular flexibility index (Phi) is 6.82. The molecule has 1 aliphatic rings. The van der Waals surface area contributed by atoms with Gasteiger partial charge in [0.25, 0.3) is 0 Å². The lowest BCUT2D eigenvalue weighted by Crippen LogP contribution is -2.36. The van der Waals surface area contributed by atoms with Gasteiger partial charge in [-0.3, -0.25) is 14.9 Å². The van der Waals surface area contributed by atoms with Gasteiger partial charge in [0.2, 0.25) is 0 Å². The van der Waals surface area contributed by atoms with Gasteiger partial charge in [-0.2, -0.15) is 0 Å². The van der Waals surface area contributed by atoms with Crippen LogP contribution in [0.5, 0.6) is 0 Å². The zero-order valence-corrected chi connectivity index (χ0v) is 15.4. The van der Waals surface area contributed by atoms with Crippen LogP contribution in [0.2, 0.25) is 0 Å².